The fourth-order valence-corrected chi connectivity index (χ4v) is 4.41. The molecule has 0 aliphatic rings. The first-order valence-electron chi connectivity index (χ1n) is 9.64. The van der Waals surface area contributed by atoms with Crippen molar-refractivity contribution in [2.75, 3.05) is 4.72 Å². The van der Waals surface area contributed by atoms with Crippen molar-refractivity contribution in [2.45, 2.75) is 18.7 Å². The number of fused-ring (bicyclic) bond motifs is 1. The number of anilines is 1. The van der Waals surface area contributed by atoms with Gasteiger partial charge in [0.05, 0.1) is 16.3 Å². The topological polar surface area (TPSA) is 58.5 Å². The summed E-state index contributed by atoms with van der Waals surface area (Å²) in [5.74, 6) is 0. The first kappa shape index (κ1) is 19.9. The summed E-state index contributed by atoms with van der Waals surface area (Å²) in [6.07, 6.45) is 1.78. The fraction of sp³-hybridized carbons (Fsp3) is 0.0800. The Kier molecular flexibility index (Phi) is 5.38. The maximum atomic E-state index is 12.7. The first-order valence-corrected chi connectivity index (χ1v) is 11.1. The Balaban J connectivity index is 1.52. The van der Waals surface area contributed by atoms with Crippen LogP contribution in [0.25, 0.3) is 10.8 Å². The van der Waals surface area contributed by atoms with Crippen LogP contribution >= 0.6 is 0 Å². The predicted octanol–water partition coefficient (Wildman–Crippen LogP) is 6.01. The Hall–Kier alpha value is -3.44. The maximum absolute atomic E-state index is 12.7. The molecule has 0 saturated carbocycles. The van der Waals surface area contributed by atoms with E-state index in [1.807, 2.05) is 44.2 Å². The van der Waals surface area contributed by atoms with E-state index in [4.69, 9.17) is 0 Å². The molecule has 1 N–H and O–H groups in total. The summed E-state index contributed by atoms with van der Waals surface area (Å²) in [6, 6.07) is 26.5. The molecule has 0 amide bonds. The van der Waals surface area contributed by atoms with Crippen molar-refractivity contribution < 1.29 is 8.42 Å². The maximum Gasteiger partial charge on any atom is 0.261 e. The van der Waals surface area contributed by atoms with Gasteiger partial charge in [-0.3, -0.25) is 9.71 Å². The highest BCUT2D eigenvalue weighted by Crippen LogP contribution is 2.23. The van der Waals surface area contributed by atoms with Crippen LogP contribution in [-0.2, 0) is 10.0 Å². The van der Waals surface area contributed by atoms with Gasteiger partial charge in [-0.25, -0.2) is 8.42 Å². The monoisotopic (exact) mass is 414 g/mol. The number of hydrogen-bond donors (Lipinski definition) is 1. The van der Waals surface area contributed by atoms with Crippen LogP contribution in [-0.4, -0.2) is 14.6 Å². The zero-order chi connectivity index (χ0) is 21.1. The Labute approximate surface area is 177 Å². The molecule has 4 aromatic rings. The molecule has 5 heteroatoms. The van der Waals surface area contributed by atoms with E-state index in [1.165, 1.54) is 5.39 Å². The van der Waals surface area contributed by atoms with Crippen LogP contribution in [0.5, 0.6) is 0 Å². The molecular weight excluding hydrogens is 392 g/mol. The second-order valence-electron chi connectivity index (χ2n) is 7.28. The van der Waals surface area contributed by atoms with Crippen LogP contribution in [0.3, 0.4) is 0 Å². The van der Waals surface area contributed by atoms with E-state index in [0.717, 1.165) is 22.1 Å². The molecule has 4 aromatic carbocycles. The van der Waals surface area contributed by atoms with E-state index in [0.29, 0.717) is 11.4 Å². The Morgan fingerprint density at radius 3 is 2.27 bits per heavy atom. The van der Waals surface area contributed by atoms with Gasteiger partial charge in [-0.2, -0.15) is 0 Å². The number of aliphatic imine (C=N–C) groups is 1. The van der Waals surface area contributed by atoms with Crippen molar-refractivity contribution in [2.24, 2.45) is 4.99 Å². The van der Waals surface area contributed by atoms with E-state index in [1.54, 1.807) is 36.5 Å². The summed E-state index contributed by atoms with van der Waals surface area (Å²) in [6.45, 7) is 3.86. The van der Waals surface area contributed by atoms with E-state index in [2.05, 4.69) is 34.0 Å². The molecule has 0 unspecified atom stereocenters. The number of nitrogens with zero attached hydrogens (tertiary/aromatic N) is 1. The quantitative estimate of drug-likeness (QED) is 0.407. The normalized spacial score (nSPS) is 11.8. The zero-order valence-electron chi connectivity index (χ0n) is 16.8. The van der Waals surface area contributed by atoms with Crippen molar-refractivity contribution in [1.82, 2.24) is 0 Å². The summed E-state index contributed by atoms with van der Waals surface area (Å²) >= 11 is 0. The number of benzene rings is 4. The van der Waals surface area contributed by atoms with E-state index < -0.39 is 10.0 Å². The van der Waals surface area contributed by atoms with E-state index >= 15 is 0 Å². The van der Waals surface area contributed by atoms with Gasteiger partial charge in [-0.05, 0) is 72.1 Å². The highest BCUT2D eigenvalue weighted by molar-refractivity contribution is 7.92. The van der Waals surface area contributed by atoms with Crippen LogP contribution in [0.4, 0.5) is 11.4 Å². The molecule has 4 nitrogen and oxygen atoms in total. The third kappa shape index (κ3) is 4.42. The van der Waals surface area contributed by atoms with Crippen LogP contribution < -0.4 is 4.72 Å². The summed E-state index contributed by atoms with van der Waals surface area (Å²) < 4.78 is 28.1. The molecule has 0 aliphatic carbocycles. The lowest BCUT2D eigenvalue weighted by atomic mass is 10.1. The Morgan fingerprint density at radius 1 is 0.800 bits per heavy atom. The zero-order valence-corrected chi connectivity index (χ0v) is 17.6. The SMILES string of the molecule is Cc1ccc(NS(=O)(=O)c2ccc(N=Cc3ccc4ccccc4c3)cc2)c(C)c1. The molecule has 0 aromatic heterocycles. The van der Waals surface area contributed by atoms with Crippen molar-refractivity contribution in [1.29, 1.82) is 0 Å². The summed E-state index contributed by atoms with van der Waals surface area (Å²) in [7, 11) is -3.66. The lowest BCUT2D eigenvalue weighted by Gasteiger charge is -2.11. The van der Waals surface area contributed by atoms with Crippen molar-refractivity contribution in [3.05, 3.63) is 102 Å². The molecule has 30 heavy (non-hydrogen) atoms. The largest absolute Gasteiger partial charge is 0.279 e. The lowest BCUT2D eigenvalue weighted by Crippen LogP contribution is -2.13. The standard InChI is InChI=1S/C25H22N2O2S/c1-18-7-14-25(19(2)15-18)27-30(28,29)24-12-10-23(11-13-24)26-17-20-8-9-21-5-3-4-6-22(21)16-20/h3-17,27H,1-2H3. The molecule has 0 saturated heterocycles. The smallest absolute Gasteiger partial charge is 0.261 e. The van der Waals surface area contributed by atoms with Gasteiger partial charge in [0.1, 0.15) is 0 Å². The molecule has 0 spiro atoms. The average Bonchev–Trinajstić information content (AvgIpc) is 2.74. The molecule has 4 rings (SSSR count). The van der Waals surface area contributed by atoms with Gasteiger partial charge in [0.2, 0.25) is 0 Å². The molecule has 0 fully saturated rings. The highest BCUT2D eigenvalue weighted by atomic mass is 32.2. The third-order valence-corrected chi connectivity index (χ3v) is 6.29. The minimum Gasteiger partial charge on any atom is -0.279 e. The van der Waals surface area contributed by atoms with Crippen LogP contribution in [0.1, 0.15) is 16.7 Å². The fourth-order valence-electron chi connectivity index (χ4n) is 3.28. The van der Waals surface area contributed by atoms with Crippen molar-refractivity contribution >= 4 is 38.4 Å². The van der Waals surface area contributed by atoms with Gasteiger partial charge >= 0.3 is 0 Å². The molecule has 0 bridgehead atoms. The minimum atomic E-state index is -3.66. The summed E-state index contributed by atoms with van der Waals surface area (Å²) in [5.41, 5.74) is 4.23. The number of hydrogen-bond acceptors (Lipinski definition) is 3. The summed E-state index contributed by atoms with van der Waals surface area (Å²) in [5, 5.41) is 2.33. The van der Waals surface area contributed by atoms with Gasteiger partial charge in [-0.15, -0.1) is 0 Å². The van der Waals surface area contributed by atoms with Gasteiger partial charge in [0.15, 0.2) is 0 Å². The first-order chi connectivity index (χ1) is 14.4. The third-order valence-electron chi connectivity index (χ3n) is 4.91. The van der Waals surface area contributed by atoms with Gasteiger partial charge in [-0.1, -0.05) is 54.1 Å². The number of sulfonamides is 1. The van der Waals surface area contributed by atoms with Crippen LogP contribution in [0, 0.1) is 13.8 Å². The number of rotatable bonds is 5. The Morgan fingerprint density at radius 2 is 1.53 bits per heavy atom. The van der Waals surface area contributed by atoms with E-state index in [-0.39, 0.29) is 4.90 Å². The Bertz CT molecular complexity index is 1340. The molecule has 0 aliphatic heterocycles. The van der Waals surface area contributed by atoms with Crippen LogP contribution in [0.15, 0.2) is 94.8 Å². The molecule has 0 atom stereocenters. The minimum absolute atomic E-state index is 0.201. The van der Waals surface area contributed by atoms with Crippen molar-refractivity contribution in [3.63, 3.8) is 0 Å². The van der Waals surface area contributed by atoms with E-state index in [9.17, 15) is 8.42 Å². The summed E-state index contributed by atoms with van der Waals surface area (Å²) in [4.78, 5) is 4.68. The second kappa shape index (κ2) is 8.13. The lowest BCUT2D eigenvalue weighted by molar-refractivity contribution is 0.601. The molecule has 150 valence electrons. The highest BCUT2D eigenvalue weighted by Gasteiger charge is 2.15. The number of aryl methyl sites for hydroxylation is 2. The van der Waals surface area contributed by atoms with Crippen molar-refractivity contribution in [3.8, 4) is 0 Å². The van der Waals surface area contributed by atoms with Crippen LogP contribution in [0.2, 0.25) is 0 Å². The predicted molar refractivity (Wildman–Crippen MR) is 124 cm³/mol. The number of nitrogens with one attached hydrogen (secondary N) is 1. The van der Waals surface area contributed by atoms with Gasteiger partial charge in [0, 0.05) is 6.21 Å². The molecule has 0 radical (unpaired) electrons. The molecular formula is C25H22N2O2S. The van der Waals surface area contributed by atoms with Gasteiger partial charge < -0.3 is 0 Å². The molecule has 0 heterocycles. The second-order valence-corrected chi connectivity index (χ2v) is 8.96. The average molecular weight is 415 g/mol. The van der Waals surface area contributed by atoms with Gasteiger partial charge in [0.25, 0.3) is 10.0 Å².